The molecule has 0 aliphatic rings. The predicted octanol–water partition coefficient (Wildman–Crippen LogP) is 2.25. The summed E-state index contributed by atoms with van der Waals surface area (Å²) in [5.74, 6) is -1.28. The molecule has 0 spiro atoms. The van der Waals surface area contributed by atoms with Gasteiger partial charge in [0.1, 0.15) is 0 Å². The first-order chi connectivity index (χ1) is 7.57. The first-order valence-corrected chi connectivity index (χ1v) is 5.51. The average molecular weight is 242 g/mol. The Kier molecular flexibility index (Phi) is 2.47. The molecule has 84 valence electrons. The fourth-order valence-corrected chi connectivity index (χ4v) is 2.25. The van der Waals surface area contributed by atoms with Gasteiger partial charge in [-0.25, -0.2) is 14.5 Å². The van der Waals surface area contributed by atoms with Crippen molar-refractivity contribution < 1.29 is 14.5 Å². The number of halogens is 1. The van der Waals surface area contributed by atoms with Crippen molar-refractivity contribution in [1.82, 2.24) is 4.68 Å². The minimum absolute atomic E-state index is 0.214. The number of aromatic nitrogens is 1. The van der Waals surface area contributed by atoms with Gasteiger partial charge in [-0.05, 0) is 17.0 Å². The average Bonchev–Trinajstić information content (AvgIpc) is 2.51. The van der Waals surface area contributed by atoms with Crippen LogP contribution in [0.4, 0.5) is 4.39 Å². The van der Waals surface area contributed by atoms with Crippen molar-refractivity contribution in [3.63, 3.8) is 0 Å². The van der Waals surface area contributed by atoms with Crippen molar-refractivity contribution in [1.29, 1.82) is 0 Å². The van der Waals surface area contributed by atoms with E-state index in [-0.39, 0.29) is 5.52 Å². The third-order valence-electron chi connectivity index (χ3n) is 2.21. The van der Waals surface area contributed by atoms with Crippen LogP contribution in [0.5, 0.6) is 5.88 Å². The summed E-state index contributed by atoms with van der Waals surface area (Å²) in [5.41, 5.74) is -0.214. The third kappa shape index (κ3) is 1.32. The fourth-order valence-electron chi connectivity index (χ4n) is 1.60. The quantitative estimate of drug-likeness (QED) is 0.498. The molecule has 0 aliphatic carbocycles. The molecule has 0 unspecified atom stereocenters. The molecule has 16 heavy (non-hydrogen) atoms. The summed E-state index contributed by atoms with van der Waals surface area (Å²) in [6.07, 6.45) is 1.66. The highest BCUT2D eigenvalue weighted by Crippen LogP contribution is 2.38. The fraction of sp³-hybridized carbons (Fsp3) is 0.111. The van der Waals surface area contributed by atoms with Crippen LogP contribution in [-0.4, -0.2) is 21.1 Å². The van der Waals surface area contributed by atoms with Gasteiger partial charge in [0.2, 0.25) is 0 Å². The van der Waals surface area contributed by atoms with Crippen LogP contribution in [0.15, 0.2) is 23.1 Å². The Morgan fingerprint density at radius 3 is 2.81 bits per heavy atom. The Labute approximate surface area is 93.6 Å². The van der Waals surface area contributed by atoms with Gasteiger partial charge in [-0.15, -0.1) is 11.8 Å². The molecule has 1 heterocycles. The Balaban J connectivity index is 2.98. The molecule has 0 aliphatic heterocycles. The molecule has 2 aromatic rings. The summed E-state index contributed by atoms with van der Waals surface area (Å²) in [6.45, 7) is 0. The smallest absolute Gasteiger partial charge is 0.271 e. The molecule has 1 N–H and O–H groups in total. The van der Waals surface area contributed by atoms with E-state index in [1.165, 1.54) is 12.1 Å². The molecule has 0 fully saturated rings. The molecule has 0 amide bonds. The van der Waals surface area contributed by atoms with Gasteiger partial charge in [0, 0.05) is 5.39 Å². The van der Waals surface area contributed by atoms with Crippen LogP contribution in [-0.2, 0) is 0 Å². The summed E-state index contributed by atoms with van der Waals surface area (Å²) in [7, 11) is 0. The second kappa shape index (κ2) is 3.67. The molecule has 0 atom stereocenters. The van der Waals surface area contributed by atoms with Crippen molar-refractivity contribution in [2.75, 3.05) is 6.26 Å². The molecule has 2 rings (SSSR count). The van der Waals surface area contributed by atoms with Crippen molar-refractivity contribution in [3.8, 4) is 5.88 Å². The minimum atomic E-state index is -0.847. The van der Waals surface area contributed by atoms with Crippen LogP contribution in [0.3, 0.4) is 0 Å². The zero-order valence-electron chi connectivity index (χ0n) is 8.18. The van der Waals surface area contributed by atoms with E-state index in [4.69, 9.17) is 0 Å². The van der Waals surface area contributed by atoms with Crippen LogP contribution in [0, 0.1) is 15.9 Å². The van der Waals surface area contributed by atoms with E-state index < -0.39 is 16.7 Å². The topological polar surface area (TPSA) is 68.3 Å². The van der Waals surface area contributed by atoms with Crippen molar-refractivity contribution >= 4 is 22.7 Å². The first-order valence-electron chi connectivity index (χ1n) is 4.28. The molecule has 0 saturated carbocycles. The summed E-state index contributed by atoms with van der Waals surface area (Å²) >= 11 is 1.13. The zero-order valence-corrected chi connectivity index (χ0v) is 8.99. The first kappa shape index (κ1) is 10.7. The number of rotatable bonds is 2. The largest absolute Gasteiger partial charge is 0.490 e. The summed E-state index contributed by atoms with van der Waals surface area (Å²) in [6, 6.07) is 4.09. The number of thioether (sulfide) groups is 1. The summed E-state index contributed by atoms with van der Waals surface area (Å²) < 4.78 is 13.8. The molecule has 0 saturated heterocycles. The maximum absolute atomic E-state index is 13.5. The highest BCUT2D eigenvalue weighted by molar-refractivity contribution is 7.99. The Morgan fingerprint density at radius 2 is 2.25 bits per heavy atom. The molecule has 1 aromatic carbocycles. The van der Waals surface area contributed by atoms with Gasteiger partial charge < -0.3 is 5.11 Å². The van der Waals surface area contributed by atoms with Crippen LogP contribution in [0.1, 0.15) is 0 Å². The lowest BCUT2D eigenvalue weighted by Gasteiger charge is -1.95. The molecule has 7 heteroatoms. The van der Waals surface area contributed by atoms with E-state index in [0.29, 0.717) is 15.0 Å². The van der Waals surface area contributed by atoms with E-state index in [2.05, 4.69) is 0 Å². The lowest BCUT2D eigenvalue weighted by atomic mass is 10.2. The van der Waals surface area contributed by atoms with Crippen LogP contribution >= 0.6 is 11.8 Å². The number of aromatic hydroxyl groups is 1. The number of benzene rings is 1. The molecular formula is C9H7FN2O3S. The Morgan fingerprint density at radius 1 is 1.56 bits per heavy atom. The monoisotopic (exact) mass is 242 g/mol. The van der Waals surface area contributed by atoms with Crippen molar-refractivity contribution in [3.05, 3.63) is 34.1 Å². The third-order valence-corrected chi connectivity index (χ3v) is 3.03. The number of fused-ring (bicyclic) bond motifs is 1. The second-order valence-corrected chi connectivity index (χ2v) is 3.86. The number of nitrogens with zero attached hydrogens (tertiary/aromatic N) is 2. The molecule has 5 nitrogen and oxygen atoms in total. The van der Waals surface area contributed by atoms with Crippen molar-refractivity contribution in [2.24, 2.45) is 0 Å². The Hall–Kier alpha value is -1.76. The van der Waals surface area contributed by atoms with E-state index >= 15 is 0 Å². The van der Waals surface area contributed by atoms with Crippen LogP contribution in [0.25, 0.3) is 10.9 Å². The zero-order chi connectivity index (χ0) is 11.9. The molecular weight excluding hydrogens is 235 g/mol. The molecule has 0 radical (unpaired) electrons. The van der Waals surface area contributed by atoms with Gasteiger partial charge in [0.25, 0.3) is 5.88 Å². The molecule has 1 aromatic heterocycles. The normalized spacial score (nSPS) is 10.9. The standard InChI is InChI=1S/C9H7FN2O3S/c1-16-8-5-3-2-4-6(10)7(5)11(9(8)13)12(14)15/h2-4,13H,1H3. The number of nitro groups is 1. The summed E-state index contributed by atoms with van der Waals surface area (Å²) in [4.78, 5) is 11.0. The predicted molar refractivity (Wildman–Crippen MR) is 57.7 cm³/mol. The second-order valence-electron chi connectivity index (χ2n) is 3.04. The van der Waals surface area contributed by atoms with Gasteiger partial charge in [-0.2, -0.15) is 0 Å². The maximum Gasteiger partial charge on any atom is 0.271 e. The minimum Gasteiger partial charge on any atom is -0.490 e. The van der Waals surface area contributed by atoms with Gasteiger partial charge in [-0.3, -0.25) is 0 Å². The highest BCUT2D eigenvalue weighted by atomic mass is 32.2. The Bertz CT molecular complexity index is 582. The summed E-state index contributed by atoms with van der Waals surface area (Å²) in [5, 5.41) is 19.9. The number of para-hydroxylation sites is 1. The van der Waals surface area contributed by atoms with E-state index in [0.717, 1.165) is 17.8 Å². The SMILES string of the molecule is CSc1c(O)n([N+](=O)[O-])c2c(F)cccc12. The van der Waals surface area contributed by atoms with E-state index in [1.54, 1.807) is 6.26 Å². The van der Waals surface area contributed by atoms with Crippen molar-refractivity contribution in [2.45, 2.75) is 4.90 Å². The van der Waals surface area contributed by atoms with Gasteiger partial charge >= 0.3 is 0 Å². The lowest BCUT2D eigenvalue weighted by Crippen LogP contribution is -2.08. The van der Waals surface area contributed by atoms with Gasteiger partial charge in [0.05, 0.1) is 4.90 Å². The van der Waals surface area contributed by atoms with E-state index in [9.17, 15) is 19.6 Å². The van der Waals surface area contributed by atoms with E-state index in [1.807, 2.05) is 0 Å². The van der Waals surface area contributed by atoms with Crippen LogP contribution in [0.2, 0.25) is 0 Å². The highest BCUT2D eigenvalue weighted by Gasteiger charge is 2.25. The maximum atomic E-state index is 13.5. The van der Waals surface area contributed by atoms with Crippen LogP contribution < -0.4 is 0 Å². The lowest BCUT2D eigenvalue weighted by molar-refractivity contribution is -0.539. The number of hydrogen-bond donors (Lipinski definition) is 1. The molecule has 0 bridgehead atoms. The van der Waals surface area contributed by atoms with Gasteiger partial charge in [0.15, 0.2) is 16.4 Å². The number of hydrogen-bond acceptors (Lipinski definition) is 4. The van der Waals surface area contributed by atoms with Gasteiger partial charge in [-0.1, -0.05) is 12.1 Å².